The molecule has 0 saturated carbocycles. The number of piperidine rings is 1. The van der Waals surface area contributed by atoms with Crippen molar-refractivity contribution in [1.82, 2.24) is 15.2 Å². The van der Waals surface area contributed by atoms with Crippen LogP contribution in [0.15, 0.2) is 107 Å². The van der Waals surface area contributed by atoms with Crippen molar-refractivity contribution in [2.24, 2.45) is 0 Å². The van der Waals surface area contributed by atoms with Crippen LogP contribution in [-0.2, 0) is 0 Å². The largest absolute Gasteiger partial charge is 0.392 e. The zero-order valence-corrected chi connectivity index (χ0v) is 25.5. The monoisotopic (exact) mass is 532 g/mol. The van der Waals surface area contributed by atoms with Gasteiger partial charge in [-0.15, -0.1) is 0 Å². The molecule has 0 aliphatic carbocycles. The SMILES string of the molecule is C/C=C\c1ccnc(N(C)C2CCN(C)CC2)c1.C=CC(=C)C(=C\C(=C/C)C(=C)SC(=C)C)/C=C(\C)NC. The number of rotatable bonds is 11. The predicted octanol–water partition coefficient (Wildman–Crippen LogP) is 8.15. The summed E-state index contributed by atoms with van der Waals surface area (Å²) < 4.78 is 0. The molecule has 0 aromatic carbocycles. The topological polar surface area (TPSA) is 31.4 Å². The standard InChI is InChI=1S/C18H25NS.C15H23N3/c1-9-14(5)18(11-15(6)19-8)12-17(10-2)16(7)20-13(3)4;1-4-5-13-6-9-16-15(12-13)18(3)14-7-10-17(2)11-8-14/h9-12,19H,1,3,5,7H2,2,4,6,8H3;4-6,9,12,14H,7-8,10-11H2,1-3H3/b15-11+,17-10+,18-12-;5-4-. The van der Waals surface area contributed by atoms with Crippen molar-refractivity contribution in [2.75, 3.05) is 39.1 Å². The average Bonchev–Trinajstić information content (AvgIpc) is 2.90. The average molecular weight is 533 g/mol. The molecular formula is C33H48N4S. The minimum atomic E-state index is 0.620. The number of hydrogen-bond acceptors (Lipinski definition) is 5. The first-order chi connectivity index (χ1) is 18.1. The van der Waals surface area contributed by atoms with E-state index in [2.05, 4.69) is 84.8 Å². The number of thioether (sulfide) groups is 1. The third kappa shape index (κ3) is 11.6. The Hall–Kier alpha value is -3.02. The normalized spacial score (nSPS) is 15.5. The highest BCUT2D eigenvalue weighted by molar-refractivity contribution is 8.06. The summed E-state index contributed by atoms with van der Waals surface area (Å²) in [6, 6.07) is 4.83. The molecule has 4 nitrogen and oxygen atoms in total. The van der Waals surface area contributed by atoms with Crippen molar-refractivity contribution >= 4 is 23.7 Å². The maximum Gasteiger partial charge on any atom is 0.129 e. The van der Waals surface area contributed by atoms with Crippen LogP contribution in [0.5, 0.6) is 0 Å². The lowest BCUT2D eigenvalue weighted by Crippen LogP contribution is -2.42. The third-order valence-electron chi connectivity index (χ3n) is 6.35. The summed E-state index contributed by atoms with van der Waals surface area (Å²) in [4.78, 5) is 11.2. The van der Waals surface area contributed by atoms with Gasteiger partial charge in [0.2, 0.25) is 0 Å². The van der Waals surface area contributed by atoms with Gasteiger partial charge < -0.3 is 15.1 Å². The lowest BCUT2D eigenvalue weighted by atomic mass is 10.0. The van der Waals surface area contributed by atoms with Crippen LogP contribution >= 0.6 is 11.8 Å². The van der Waals surface area contributed by atoms with Gasteiger partial charge in [-0.3, -0.25) is 0 Å². The van der Waals surface area contributed by atoms with Crippen LogP contribution in [0.25, 0.3) is 6.08 Å². The Labute approximate surface area is 237 Å². The van der Waals surface area contributed by atoms with E-state index in [0.29, 0.717) is 6.04 Å². The lowest BCUT2D eigenvalue weighted by Gasteiger charge is -2.35. The van der Waals surface area contributed by atoms with Crippen LogP contribution in [0.3, 0.4) is 0 Å². The molecule has 206 valence electrons. The zero-order valence-electron chi connectivity index (χ0n) is 24.7. The van der Waals surface area contributed by atoms with Crippen LogP contribution in [0.4, 0.5) is 5.82 Å². The lowest BCUT2D eigenvalue weighted by molar-refractivity contribution is 0.252. The molecule has 0 spiro atoms. The second kappa shape index (κ2) is 17.5. The number of likely N-dealkylation sites (tertiary alicyclic amines) is 1. The summed E-state index contributed by atoms with van der Waals surface area (Å²) in [6.45, 7) is 26.2. The number of allylic oxidation sites excluding steroid dienone is 10. The van der Waals surface area contributed by atoms with E-state index in [-0.39, 0.29) is 0 Å². The van der Waals surface area contributed by atoms with E-state index in [9.17, 15) is 0 Å². The van der Waals surface area contributed by atoms with Crippen molar-refractivity contribution in [2.45, 2.75) is 46.6 Å². The van der Waals surface area contributed by atoms with Crippen LogP contribution in [-0.4, -0.2) is 50.2 Å². The predicted molar refractivity (Wildman–Crippen MR) is 173 cm³/mol. The molecule has 0 radical (unpaired) electrons. The van der Waals surface area contributed by atoms with Crippen molar-refractivity contribution in [1.29, 1.82) is 0 Å². The fourth-order valence-electron chi connectivity index (χ4n) is 3.90. The summed E-state index contributed by atoms with van der Waals surface area (Å²) in [5.41, 5.74) is 5.25. The van der Waals surface area contributed by atoms with Gasteiger partial charge in [-0.1, -0.05) is 62.4 Å². The Bertz CT molecular complexity index is 1080. The number of anilines is 1. The van der Waals surface area contributed by atoms with Gasteiger partial charge in [0.1, 0.15) is 5.82 Å². The van der Waals surface area contributed by atoms with Crippen LogP contribution in [0.1, 0.15) is 46.1 Å². The third-order valence-corrected chi connectivity index (χ3v) is 7.18. The van der Waals surface area contributed by atoms with Gasteiger partial charge in [0, 0.05) is 36.9 Å². The molecule has 1 N–H and O–H groups in total. The molecule has 1 aromatic rings. The van der Waals surface area contributed by atoms with Crippen LogP contribution < -0.4 is 10.2 Å². The maximum atomic E-state index is 4.49. The molecule has 0 amide bonds. The second-order valence-corrected chi connectivity index (χ2v) is 10.9. The van der Waals surface area contributed by atoms with Crippen molar-refractivity contribution in [3.05, 3.63) is 113 Å². The zero-order chi connectivity index (χ0) is 28.7. The van der Waals surface area contributed by atoms with E-state index >= 15 is 0 Å². The Morgan fingerprint density at radius 3 is 2.32 bits per heavy atom. The Morgan fingerprint density at radius 1 is 1.13 bits per heavy atom. The van der Waals surface area contributed by atoms with Gasteiger partial charge in [0.25, 0.3) is 0 Å². The summed E-state index contributed by atoms with van der Waals surface area (Å²) in [5, 5.41) is 3.11. The smallest absolute Gasteiger partial charge is 0.129 e. The Morgan fingerprint density at radius 2 is 1.79 bits per heavy atom. The summed E-state index contributed by atoms with van der Waals surface area (Å²) in [6.07, 6.45) is 16.4. The van der Waals surface area contributed by atoms with Crippen molar-refractivity contribution < 1.29 is 0 Å². The fourth-order valence-corrected chi connectivity index (χ4v) is 4.62. The van der Waals surface area contributed by atoms with Gasteiger partial charge in [-0.2, -0.15) is 0 Å². The van der Waals surface area contributed by atoms with E-state index in [1.807, 2.05) is 59.2 Å². The highest BCUT2D eigenvalue weighted by Gasteiger charge is 2.21. The molecule has 1 aromatic heterocycles. The number of hydrogen-bond donors (Lipinski definition) is 1. The van der Waals surface area contributed by atoms with Crippen molar-refractivity contribution in [3.63, 3.8) is 0 Å². The maximum absolute atomic E-state index is 4.49. The molecule has 1 fully saturated rings. The van der Waals surface area contributed by atoms with E-state index in [1.165, 1.54) is 31.5 Å². The summed E-state index contributed by atoms with van der Waals surface area (Å²) in [5.74, 6) is 1.08. The van der Waals surface area contributed by atoms with E-state index in [1.54, 1.807) is 17.8 Å². The highest BCUT2D eigenvalue weighted by Crippen LogP contribution is 2.30. The number of aromatic nitrogens is 1. The molecule has 0 atom stereocenters. The van der Waals surface area contributed by atoms with Gasteiger partial charge in [0.15, 0.2) is 0 Å². The quantitative estimate of drug-likeness (QED) is 0.291. The van der Waals surface area contributed by atoms with E-state index < -0.39 is 0 Å². The first-order valence-electron chi connectivity index (χ1n) is 13.1. The van der Waals surface area contributed by atoms with Crippen molar-refractivity contribution in [3.8, 4) is 0 Å². The number of nitrogens with one attached hydrogen (secondary N) is 1. The molecule has 0 unspecified atom stereocenters. The first-order valence-corrected chi connectivity index (χ1v) is 14.0. The summed E-state index contributed by atoms with van der Waals surface area (Å²) in [7, 11) is 6.26. The molecule has 1 aliphatic rings. The van der Waals surface area contributed by atoms with Gasteiger partial charge in [0.05, 0.1) is 0 Å². The molecule has 5 heteroatoms. The first kappa shape index (κ1) is 33.0. The van der Waals surface area contributed by atoms with Crippen LogP contribution in [0, 0.1) is 0 Å². The van der Waals surface area contributed by atoms with Gasteiger partial charge in [-0.05, 0) is 112 Å². The summed E-state index contributed by atoms with van der Waals surface area (Å²) >= 11 is 1.58. The molecule has 38 heavy (non-hydrogen) atoms. The Balaban J connectivity index is 0.000000381. The van der Waals surface area contributed by atoms with E-state index in [4.69, 9.17) is 0 Å². The number of pyridine rings is 1. The molecule has 1 aliphatic heterocycles. The second-order valence-electron chi connectivity index (χ2n) is 9.47. The Kier molecular flexibility index (Phi) is 15.2. The molecule has 0 bridgehead atoms. The van der Waals surface area contributed by atoms with Gasteiger partial charge >= 0.3 is 0 Å². The molecular weight excluding hydrogens is 484 g/mol. The fraction of sp³-hybridized carbons (Fsp3) is 0.364. The van der Waals surface area contributed by atoms with Crippen LogP contribution in [0.2, 0.25) is 0 Å². The molecule has 1 saturated heterocycles. The van der Waals surface area contributed by atoms with Gasteiger partial charge in [-0.25, -0.2) is 4.98 Å². The number of nitrogens with zero attached hydrogens (tertiary/aromatic N) is 3. The minimum Gasteiger partial charge on any atom is -0.392 e. The minimum absolute atomic E-state index is 0.620. The molecule has 2 rings (SSSR count). The van der Waals surface area contributed by atoms with E-state index in [0.717, 1.165) is 38.0 Å². The molecule has 2 heterocycles. The highest BCUT2D eigenvalue weighted by atomic mass is 32.2.